The van der Waals surface area contributed by atoms with Crippen molar-refractivity contribution in [2.45, 2.75) is 56.9 Å². The summed E-state index contributed by atoms with van der Waals surface area (Å²) in [5, 5.41) is 15.5. The zero-order valence-corrected chi connectivity index (χ0v) is 23.6. The molecule has 3 aromatic rings. The van der Waals surface area contributed by atoms with Crippen molar-refractivity contribution in [1.82, 2.24) is 10.6 Å². The number of amides is 2. The molecular weight excluding hydrogens is 532 g/mol. The van der Waals surface area contributed by atoms with E-state index in [1.165, 1.54) is 22.3 Å². The zero-order valence-electron chi connectivity index (χ0n) is 23.6. The molecule has 0 spiro atoms. The van der Waals surface area contributed by atoms with Gasteiger partial charge in [0.15, 0.2) is 6.04 Å². The van der Waals surface area contributed by atoms with E-state index in [1.54, 1.807) is 6.92 Å². The highest BCUT2D eigenvalue weighted by Gasteiger charge is 2.50. The number of alkyl carbamates (subject to hydrolysis) is 1. The first-order valence-corrected chi connectivity index (χ1v) is 14.7. The Balaban J connectivity index is 0.985. The number of hydrogen-bond acceptors (Lipinski definition) is 5. The van der Waals surface area contributed by atoms with Crippen LogP contribution in [0.15, 0.2) is 78.9 Å². The number of fused-ring (bicyclic) bond motifs is 4. The molecule has 3 N–H and O–H groups in total. The molecule has 6 atom stereocenters. The van der Waals surface area contributed by atoms with Crippen LogP contribution in [-0.2, 0) is 25.7 Å². The number of carboxylic acids is 1. The predicted octanol–water partition coefficient (Wildman–Crippen LogP) is 5.11. The first kappa shape index (κ1) is 28.0. The van der Waals surface area contributed by atoms with Crippen LogP contribution in [0.25, 0.3) is 11.1 Å². The van der Waals surface area contributed by atoms with E-state index >= 15 is 0 Å². The molecule has 0 saturated heterocycles. The fraction of sp³-hybridized carbons (Fsp3) is 0.382. The first-order chi connectivity index (χ1) is 20.4. The topological polar surface area (TPSA) is 114 Å². The Hall–Kier alpha value is -4.17. The van der Waals surface area contributed by atoms with E-state index in [2.05, 4.69) is 34.9 Å². The summed E-state index contributed by atoms with van der Waals surface area (Å²) in [7, 11) is 0. The van der Waals surface area contributed by atoms with Gasteiger partial charge in [-0.1, -0.05) is 78.9 Å². The van der Waals surface area contributed by atoms with Gasteiger partial charge in [-0.05, 0) is 65.8 Å². The van der Waals surface area contributed by atoms with E-state index in [0.717, 1.165) is 12.0 Å². The smallest absolute Gasteiger partial charge is 0.407 e. The molecule has 2 amide bonds. The monoisotopic (exact) mass is 568 g/mol. The number of rotatable bonds is 10. The third-order valence-electron chi connectivity index (χ3n) is 9.23. The van der Waals surface area contributed by atoms with E-state index in [-0.39, 0.29) is 42.9 Å². The number of aliphatic carboxylic acids is 1. The van der Waals surface area contributed by atoms with Gasteiger partial charge in [0.1, 0.15) is 6.61 Å². The van der Waals surface area contributed by atoms with Crippen LogP contribution in [0.3, 0.4) is 0 Å². The molecule has 3 aromatic carbocycles. The molecule has 1 unspecified atom stereocenters. The van der Waals surface area contributed by atoms with E-state index in [4.69, 9.17) is 9.47 Å². The van der Waals surface area contributed by atoms with Gasteiger partial charge in [0.2, 0.25) is 5.91 Å². The summed E-state index contributed by atoms with van der Waals surface area (Å²) in [5.41, 5.74) is 5.63. The van der Waals surface area contributed by atoms with E-state index in [1.807, 2.05) is 54.6 Å². The van der Waals surface area contributed by atoms with Gasteiger partial charge >= 0.3 is 12.1 Å². The molecule has 0 bridgehead atoms. The number of ether oxygens (including phenoxy) is 2. The Morgan fingerprint density at radius 2 is 1.52 bits per heavy atom. The number of carbonyl (C=O) groups is 3. The largest absolute Gasteiger partial charge is 0.480 e. The highest BCUT2D eigenvalue weighted by atomic mass is 16.5. The maximum absolute atomic E-state index is 13.1. The molecule has 2 saturated carbocycles. The van der Waals surface area contributed by atoms with Crippen LogP contribution in [0.1, 0.15) is 48.8 Å². The lowest BCUT2D eigenvalue weighted by atomic mass is 9.71. The van der Waals surface area contributed by atoms with E-state index in [0.29, 0.717) is 18.8 Å². The van der Waals surface area contributed by atoms with Crippen molar-refractivity contribution < 1.29 is 29.0 Å². The summed E-state index contributed by atoms with van der Waals surface area (Å²) in [5.74, 6) is -1.19. The summed E-state index contributed by atoms with van der Waals surface area (Å²) < 4.78 is 11.5. The summed E-state index contributed by atoms with van der Waals surface area (Å²) in [6, 6.07) is 24.8. The fourth-order valence-corrected chi connectivity index (χ4v) is 6.95. The number of carbonyl (C=O) groups excluding carboxylic acids is 2. The van der Waals surface area contributed by atoms with E-state index < -0.39 is 24.2 Å². The van der Waals surface area contributed by atoms with Gasteiger partial charge in [0.25, 0.3) is 0 Å². The van der Waals surface area contributed by atoms with Gasteiger partial charge in [0, 0.05) is 17.9 Å². The standard InChI is InChI=1S/C34H36N2O6/c1-20(41-18-21-9-3-2-4-10-21)31(33(38)39)36-32(37)23-15-22-17-30(28(22)16-23)35-34(40)42-19-29-26-13-7-5-11-24(26)25-12-6-8-14-27(25)29/h2-14,20,22-23,28-31H,15-19H2,1H3,(H,35,40)(H,36,37)(H,38,39)/t20-,22+,23?,28+,30-,31+/m1/s1. The minimum atomic E-state index is -1.14. The molecule has 218 valence electrons. The molecule has 2 fully saturated rings. The summed E-state index contributed by atoms with van der Waals surface area (Å²) >= 11 is 0. The zero-order chi connectivity index (χ0) is 29.2. The van der Waals surface area contributed by atoms with Crippen molar-refractivity contribution in [3.05, 3.63) is 95.6 Å². The predicted molar refractivity (Wildman–Crippen MR) is 157 cm³/mol. The molecule has 0 aliphatic heterocycles. The van der Waals surface area contributed by atoms with Crippen LogP contribution >= 0.6 is 0 Å². The van der Waals surface area contributed by atoms with Crippen molar-refractivity contribution in [1.29, 1.82) is 0 Å². The highest BCUT2D eigenvalue weighted by molar-refractivity contribution is 5.85. The number of benzene rings is 3. The average molecular weight is 569 g/mol. The molecule has 0 heterocycles. The Morgan fingerprint density at radius 1 is 0.881 bits per heavy atom. The summed E-state index contributed by atoms with van der Waals surface area (Å²) in [6.07, 6.45) is 0.940. The van der Waals surface area contributed by atoms with Crippen molar-refractivity contribution in [2.24, 2.45) is 17.8 Å². The first-order valence-electron chi connectivity index (χ1n) is 14.7. The second-order valence-electron chi connectivity index (χ2n) is 11.7. The average Bonchev–Trinajstić information content (AvgIpc) is 3.51. The van der Waals surface area contributed by atoms with E-state index in [9.17, 15) is 19.5 Å². The lowest BCUT2D eigenvalue weighted by Crippen LogP contribution is -2.50. The number of carboxylic acid groups (broad SMARTS) is 1. The second kappa shape index (κ2) is 12.0. The maximum Gasteiger partial charge on any atom is 0.407 e. The molecular formula is C34H36N2O6. The van der Waals surface area contributed by atoms with Gasteiger partial charge in [-0.15, -0.1) is 0 Å². The minimum Gasteiger partial charge on any atom is -0.480 e. The molecule has 0 aromatic heterocycles. The third-order valence-corrected chi connectivity index (χ3v) is 9.23. The normalized spacial score (nSPS) is 23.5. The third kappa shape index (κ3) is 5.63. The van der Waals surface area contributed by atoms with Crippen LogP contribution in [0.5, 0.6) is 0 Å². The molecule has 0 radical (unpaired) electrons. The SMILES string of the molecule is C[C@@H](OCc1ccccc1)[C@H](NC(=O)C1C[C@H]2C[C@@H](NC(=O)OCC3c4ccccc4-c4ccccc43)[C@H]2C1)C(=O)O. The molecule has 6 rings (SSSR count). The quantitative estimate of drug-likeness (QED) is 0.313. The van der Waals surface area contributed by atoms with Crippen molar-refractivity contribution in [3.8, 4) is 11.1 Å². The van der Waals surface area contributed by atoms with Crippen LogP contribution < -0.4 is 10.6 Å². The Kier molecular flexibility index (Phi) is 7.98. The molecule has 42 heavy (non-hydrogen) atoms. The number of nitrogens with one attached hydrogen (secondary N) is 2. The fourth-order valence-electron chi connectivity index (χ4n) is 6.95. The van der Waals surface area contributed by atoms with Crippen LogP contribution in [0.4, 0.5) is 4.79 Å². The van der Waals surface area contributed by atoms with Crippen molar-refractivity contribution in [2.75, 3.05) is 6.61 Å². The van der Waals surface area contributed by atoms with Crippen LogP contribution in [0, 0.1) is 17.8 Å². The van der Waals surface area contributed by atoms with Gasteiger partial charge in [-0.2, -0.15) is 0 Å². The molecule has 3 aliphatic rings. The number of hydrogen-bond donors (Lipinski definition) is 3. The molecule has 8 nitrogen and oxygen atoms in total. The van der Waals surface area contributed by atoms with Gasteiger partial charge in [-0.25, -0.2) is 9.59 Å². The Bertz CT molecular complexity index is 1410. The second-order valence-corrected chi connectivity index (χ2v) is 11.7. The van der Waals surface area contributed by atoms with Gasteiger partial charge in [-0.3, -0.25) is 4.79 Å². The maximum atomic E-state index is 13.1. The molecule has 3 aliphatic carbocycles. The highest BCUT2D eigenvalue weighted by Crippen LogP contribution is 2.50. The Morgan fingerprint density at radius 3 is 2.19 bits per heavy atom. The summed E-state index contributed by atoms with van der Waals surface area (Å²) in [4.78, 5) is 37.8. The van der Waals surface area contributed by atoms with Crippen molar-refractivity contribution in [3.63, 3.8) is 0 Å². The van der Waals surface area contributed by atoms with Crippen molar-refractivity contribution >= 4 is 18.0 Å². The lowest BCUT2D eigenvalue weighted by molar-refractivity contribution is -0.147. The lowest BCUT2D eigenvalue weighted by Gasteiger charge is -2.40. The van der Waals surface area contributed by atoms with Crippen LogP contribution in [-0.4, -0.2) is 47.9 Å². The van der Waals surface area contributed by atoms with Crippen LogP contribution in [0.2, 0.25) is 0 Å². The molecule has 8 heteroatoms. The Labute approximate surface area is 245 Å². The van der Waals surface area contributed by atoms with Gasteiger partial charge in [0.05, 0.1) is 12.7 Å². The minimum absolute atomic E-state index is 0.00177. The van der Waals surface area contributed by atoms with Gasteiger partial charge < -0.3 is 25.2 Å². The summed E-state index contributed by atoms with van der Waals surface area (Å²) in [6.45, 7) is 2.18.